The van der Waals surface area contributed by atoms with E-state index in [2.05, 4.69) is 5.32 Å². The predicted octanol–water partition coefficient (Wildman–Crippen LogP) is 2.20. The van der Waals surface area contributed by atoms with E-state index < -0.39 is 6.10 Å². The Balaban J connectivity index is 1.36. The first kappa shape index (κ1) is 12.9. The predicted molar refractivity (Wildman–Crippen MR) is 75.2 cm³/mol. The molecule has 1 aromatic carbocycles. The molecule has 0 amide bonds. The van der Waals surface area contributed by atoms with Gasteiger partial charge in [-0.15, -0.1) is 0 Å². The largest absolute Gasteiger partial charge is 0.491 e. The molecule has 19 heavy (non-hydrogen) atoms. The van der Waals surface area contributed by atoms with E-state index in [4.69, 9.17) is 4.74 Å². The standard InChI is InChI=1S/C16H23NO2/c18-14(11-19-15-4-2-1-3-5-15)10-17-16-9-12-6-7-13(16)8-12/h1-5,12-14,16-18H,6-11H2. The average Bonchev–Trinajstić information content (AvgIpc) is 3.06. The Labute approximate surface area is 115 Å². The first-order valence-electron chi connectivity index (χ1n) is 7.40. The highest BCUT2D eigenvalue weighted by Crippen LogP contribution is 2.44. The average molecular weight is 261 g/mol. The third kappa shape index (κ3) is 3.28. The Hall–Kier alpha value is -1.06. The molecule has 1 aromatic rings. The highest BCUT2D eigenvalue weighted by atomic mass is 16.5. The van der Waals surface area contributed by atoms with Crippen LogP contribution in [-0.4, -0.2) is 30.4 Å². The number of nitrogens with one attached hydrogen (secondary N) is 1. The van der Waals surface area contributed by atoms with Crippen LogP contribution in [0.4, 0.5) is 0 Å². The number of fused-ring (bicyclic) bond motifs is 2. The molecular formula is C16H23NO2. The lowest BCUT2D eigenvalue weighted by atomic mass is 9.95. The summed E-state index contributed by atoms with van der Waals surface area (Å²) in [5.41, 5.74) is 0. The Morgan fingerprint density at radius 2 is 2.05 bits per heavy atom. The van der Waals surface area contributed by atoms with Crippen molar-refractivity contribution in [2.75, 3.05) is 13.2 Å². The monoisotopic (exact) mass is 261 g/mol. The molecule has 0 radical (unpaired) electrons. The van der Waals surface area contributed by atoms with Gasteiger partial charge in [0.25, 0.3) is 0 Å². The number of rotatable bonds is 6. The molecule has 104 valence electrons. The summed E-state index contributed by atoms with van der Waals surface area (Å²) in [7, 11) is 0. The summed E-state index contributed by atoms with van der Waals surface area (Å²) in [5.74, 6) is 2.62. The van der Waals surface area contributed by atoms with E-state index in [1.165, 1.54) is 25.7 Å². The summed E-state index contributed by atoms with van der Waals surface area (Å²) < 4.78 is 5.55. The molecule has 2 aliphatic rings. The van der Waals surface area contributed by atoms with Gasteiger partial charge < -0.3 is 15.2 Å². The van der Waals surface area contributed by atoms with E-state index >= 15 is 0 Å². The van der Waals surface area contributed by atoms with Crippen molar-refractivity contribution < 1.29 is 9.84 Å². The normalized spacial score (nSPS) is 30.5. The summed E-state index contributed by atoms with van der Waals surface area (Å²) in [5, 5.41) is 13.5. The third-order valence-electron chi connectivity index (χ3n) is 4.54. The van der Waals surface area contributed by atoms with Crippen LogP contribution in [0.1, 0.15) is 25.7 Å². The first-order valence-corrected chi connectivity index (χ1v) is 7.40. The molecule has 3 nitrogen and oxygen atoms in total. The number of aliphatic hydroxyl groups is 1. The first-order chi connectivity index (χ1) is 9.31. The number of para-hydroxylation sites is 1. The fraction of sp³-hybridized carbons (Fsp3) is 0.625. The minimum Gasteiger partial charge on any atom is -0.491 e. The highest BCUT2D eigenvalue weighted by molar-refractivity contribution is 5.20. The number of ether oxygens (including phenoxy) is 1. The molecule has 0 spiro atoms. The van der Waals surface area contributed by atoms with Crippen LogP contribution < -0.4 is 10.1 Å². The van der Waals surface area contributed by atoms with E-state index in [1.807, 2.05) is 30.3 Å². The van der Waals surface area contributed by atoms with E-state index in [0.29, 0.717) is 19.2 Å². The van der Waals surface area contributed by atoms with Gasteiger partial charge in [0.1, 0.15) is 18.5 Å². The SMILES string of the molecule is OC(CNC1CC2CCC1C2)COc1ccccc1. The number of aliphatic hydroxyl groups excluding tert-OH is 1. The molecule has 2 fully saturated rings. The lowest BCUT2D eigenvalue weighted by Crippen LogP contribution is -2.40. The zero-order chi connectivity index (χ0) is 13.1. The van der Waals surface area contributed by atoms with E-state index in [1.54, 1.807) is 0 Å². The summed E-state index contributed by atoms with van der Waals surface area (Å²) in [6.45, 7) is 0.999. The van der Waals surface area contributed by atoms with Crippen molar-refractivity contribution in [2.24, 2.45) is 11.8 Å². The van der Waals surface area contributed by atoms with Crippen LogP contribution in [0.3, 0.4) is 0 Å². The molecule has 0 aliphatic heterocycles. The van der Waals surface area contributed by atoms with Crippen LogP contribution in [0, 0.1) is 11.8 Å². The van der Waals surface area contributed by atoms with Crippen LogP contribution in [0.2, 0.25) is 0 Å². The van der Waals surface area contributed by atoms with Gasteiger partial charge >= 0.3 is 0 Å². The van der Waals surface area contributed by atoms with Gasteiger partial charge in [0.2, 0.25) is 0 Å². The second-order valence-electron chi connectivity index (χ2n) is 5.97. The summed E-state index contributed by atoms with van der Waals surface area (Å²) in [4.78, 5) is 0. The number of hydrogen-bond donors (Lipinski definition) is 2. The molecule has 3 rings (SSSR count). The van der Waals surface area contributed by atoms with Crippen molar-refractivity contribution in [3.8, 4) is 5.75 Å². The van der Waals surface area contributed by atoms with Gasteiger partial charge in [0.05, 0.1) is 0 Å². The molecule has 2 bridgehead atoms. The quantitative estimate of drug-likeness (QED) is 0.825. The molecular weight excluding hydrogens is 238 g/mol. The topological polar surface area (TPSA) is 41.5 Å². The lowest BCUT2D eigenvalue weighted by molar-refractivity contribution is 0.101. The Bertz CT molecular complexity index is 395. The third-order valence-corrected chi connectivity index (χ3v) is 4.54. The van der Waals surface area contributed by atoms with E-state index in [0.717, 1.165) is 17.6 Å². The van der Waals surface area contributed by atoms with E-state index in [-0.39, 0.29) is 0 Å². The maximum absolute atomic E-state index is 9.95. The van der Waals surface area contributed by atoms with Gasteiger partial charge in [-0.25, -0.2) is 0 Å². The fourth-order valence-electron chi connectivity index (χ4n) is 3.55. The van der Waals surface area contributed by atoms with Crippen molar-refractivity contribution in [3.63, 3.8) is 0 Å². The van der Waals surface area contributed by atoms with Crippen LogP contribution in [-0.2, 0) is 0 Å². The van der Waals surface area contributed by atoms with Crippen molar-refractivity contribution in [1.29, 1.82) is 0 Å². The van der Waals surface area contributed by atoms with Gasteiger partial charge in [-0.05, 0) is 43.2 Å². The minimum absolute atomic E-state index is 0.359. The molecule has 3 heteroatoms. The minimum atomic E-state index is -0.431. The molecule has 4 unspecified atom stereocenters. The zero-order valence-electron chi connectivity index (χ0n) is 11.3. The molecule has 2 N–H and O–H groups in total. The van der Waals surface area contributed by atoms with Gasteiger partial charge in [-0.1, -0.05) is 24.6 Å². The maximum atomic E-state index is 9.95. The van der Waals surface area contributed by atoms with E-state index in [9.17, 15) is 5.11 Å². The van der Waals surface area contributed by atoms with Gasteiger partial charge in [-0.3, -0.25) is 0 Å². The van der Waals surface area contributed by atoms with Gasteiger partial charge in [-0.2, -0.15) is 0 Å². The molecule has 4 atom stereocenters. The molecule has 2 saturated carbocycles. The zero-order valence-corrected chi connectivity index (χ0v) is 11.3. The van der Waals surface area contributed by atoms with Crippen LogP contribution >= 0.6 is 0 Å². The van der Waals surface area contributed by atoms with Gasteiger partial charge in [0.15, 0.2) is 0 Å². The fourth-order valence-corrected chi connectivity index (χ4v) is 3.55. The Morgan fingerprint density at radius 1 is 1.21 bits per heavy atom. The summed E-state index contributed by atoms with van der Waals surface area (Å²) >= 11 is 0. The van der Waals surface area contributed by atoms with Crippen molar-refractivity contribution >= 4 is 0 Å². The van der Waals surface area contributed by atoms with Crippen molar-refractivity contribution in [1.82, 2.24) is 5.32 Å². The smallest absolute Gasteiger partial charge is 0.119 e. The second kappa shape index (κ2) is 5.93. The maximum Gasteiger partial charge on any atom is 0.119 e. The Kier molecular flexibility index (Phi) is 4.04. The van der Waals surface area contributed by atoms with Crippen LogP contribution in [0.15, 0.2) is 30.3 Å². The molecule has 2 aliphatic carbocycles. The second-order valence-corrected chi connectivity index (χ2v) is 5.97. The molecule has 0 saturated heterocycles. The van der Waals surface area contributed by atoms with Crippen molar-refractivity contribution in [3.05, 3.63) is 30.3 Å². The summed E-state index contributed by atoms with van der Waals surface area (Å²) in [6.07, 6.45) is 5.06. The molecule has 0 heterocycles. The molecule has 0 aromatic heterocycles. The van der Waals surface area contributed by atoms with Gasteiger partial charge in [0, 0.05) is 12.6 Å². The Morgan fingerprint density at radius 3 is 2.74 bits per heavy atom. The number of benzene rings is 1. The lowest BCUT2D eigenvalue weighted by Gasteiger charge is -2.24. The highest BCUT2D eigenvalue weighted by Gasteiger charge is 2.39. The summed E-state index contributed by atoms with van der Waals surface area (Å²) in [6, 6.07) is 10.3. The van der Waals surface area contributed by atoms with Crippen LogP contribution in [0.5, 0.6) is 5.75 Å². The van der Waals surface area contributed by atoms with Crippen molar-refractivity contribution in [2.45, 2.75) is 37.8 Å². The number of hydrogen-bond acceptors (Lipinski definition) is 3. The van der Waals surface area contributed by atoms with Crippen LogP contribution in [0.25, 0.3) is 0 Å².